The quantitative estimate of drug-likeness (QED) is 0.749. The normalized spacial score (nSPS) is 17.6. The third kappa shape index (κ3) is 6.66. The van der Waals surface area contributed by atoms with Crippen LogP contribution in [0.5, 0.6) is 5.75 Å². The lowest BCUT2D eigenvalue weighted by Gasteiger charge is -2.28. The van der Waals surface area contributed by atoms with Crippen LogP contribution in [0.25, 0.3) is 0 Å². The van der Waals surface area contributed by atoms with Gasteiger partial charge in [0, 0.05) is 11.6 Å². The molecule has 1 aromatic carbocycles. The second kappa shape index (κ2) is 9.26. The van der Waals surface area contributed by atoms with Crippen LogP contribution in [0, 0.1) is 0 Å². The van der Waals surface area contributed by atoms with E-state index in [4.69, 9.17) is 21.1 Å². The summed E-state index contributed by atoms with van der Waals surface area (Å²) in [6.45, 7) is 4.20. The van der Waals surface area contributed by atoms with Crippen LogP contribution in [-0.4, -0.2) is 55.6 Å². The van der Waals surface area contributed by atoms with Crippen molar-refractivity contribution in [3.63, 3.8) is 0 Å². The summed E-state index contributed by atoms with van der Waals surface area (Å²) in [5, 5.41) is 10.6. The molecule has 0 saturated carbocycles. The van der Waals surface area contributed by atoms with Crippen LogP contribution in [0.2, 0.25) is 5.02 Å². The molecule has 1 N–H and O–H groups in total. The predicted molar refractivity (Wildman–Crippen MR) is 84.1 cm³/mol. The fraction of sp³-hybridized carbons (Fsp3) is 0.625. The van der Waals surface area contributed by atoms with Crippen LogP contribution in [0.1, 0.15) is 19.3 Å². The molecule has 118 valence electrons. The first-order chi connectivity index (χ1) is 10.2. The number of aliphatic hydroxyl groups excluding tert-OH is 1. The Hall–Kier alpha value is -0.810. The first-order valence-electron chi connectivity index (χ1n) is 7.60. The predicted octanol–water partition coefficient (Wildman–Crippen LogP) is 2.58. The number of hydrogen-bond donors (Lipinski definition) is 1. The van der Waals surface area contributed by atoms with Gasteiger partial charge in [0.2, 0.25) is 0 Å². The van der Waals surface area contributed by atoms with Gasteiger partial charge in [-0.05, 0) is 50.2 Å². The summed E-state index contributed by atoms with van der Waals surface area (Å²) in [6.07, 6.45) is 3.37. The number of β-amino-alcohol motifs (C(OH)–C–C–N with tert-alkyl or cyclic N) is 1. The SMILES string of the molecule is O[C@H](COCCOc1ccc(Cl)cc1)CN1CCCCC1. The number of rotatable bonds is 8. The fourth-order valence-electron chi connectivity index (χ4n) is 2.46. The summed E-state index contributed by atoms with van der Waals surface area (Å²) >= 11 is 5.80. The monoisotopic (exact) mass is 313 g/mol. The van der Waals surface area contributed by atoms with Crippen molar-refractivity contribution in [2.24, 2.45) is 0 Å². The van der Waals surface area contributed by atoms with Crippen LogP contribution >= 0.6 is 11.6 Å². The average molecular weight is 314 g/mol. The topological polar surface area (TPSA) is 41.9 Å². The number of benzene rings is 1. The first-order valence-corrected chi connectivity index (χ1v) is 7.98. The molecule has 0 aromatic heterocycles. The molecular weight excluding hydrogens is 290 g/mol. The summed E-state index contributed by atoms with van der Waals surface area (Å²) in [6, 6.07) is 7.24. The van der Waals surface area contributed by atoms with Crippen molar-refractivity contribution in [1.82, 2.24) is 4.90 Å². The maximum absolute atomic E-state index is 9.93. The van der Waals surface area contributed by atoms with Crippen LogP contribution < -0.4 is 4.74 Å². The van der Waals surface area contributed by atoms with Crippen LogP contribution in [-0.2, 0) is 4.74 Å². The Morgan fingerprint density at radius 3 is 2.52 bits per heavy atom. The molecule has 1 aliphatic rings. The van der Waals surface area contributed by atoms with Crippen LogP contribution in [0.4, 0.5) is 0 Å². The Kier molecular flexibility index (Phi) is 7.30. The van der Waals surface area contributed by atoms with E-state index in [2.05, 4.69) is 4.90 Å². The maximum atomic E-state index is 9.93. The zero-order valence-corrected chi connectivity index (χ0v) is 13.1. The molecule has 1 aliphatic heterocycles. The van der Waals surface area contributed by atoms with E-state index in [1.54, 1.807) is 12.1 Å². The van der Waals surface area contributed by atoms with Crippen molar-refractivity contribution in [3.8, 4) is 5.75 Å². The van der Waals surface area contributed by atoms with Gasteiger partial charge in [-0.15, -0.1) is 0 Å². The molecule has 0 unspecified atom stereocenters. The summed E-state index contributed by atoms with van der Waals surface area (Å²) in [4.78, 5) is 2.31. The highest BCUT2D eigenvalue weighted by Crippen LogP contribution is 2.15. The van der Waals surface area contributed by atoms with E-state index in [1.165, 1.54) is 19.3 Å². The second-order valence-electron chi connectivity index (χ2n) is 5.39. The summed E-state index contributed by atoms with van der Waals surface area (Å²) in [7, 11) is 0. The van der Waals surface area contributed by atoms with E-state index in [9.17, 15) is 5.11 Å². The van der Waals surface area contributed by atoms with E-state index in [0.29, 0.717) is 31.4 Å². The van der Waals surface area contributed by atoms with Gasteiger partial charge in [-0.2, -0.15) is 0 Å². The molecule has 0 radical (unpaired) electrons. The Morgan fingerprint density at radius 1 is 1.10 bits per heavy atom. The zero-order chi connectivity index (χ0) is 14.9. The van der Waals surface area contributed by atoms with Gasteiger partial charge < -0.3 is 19.5 Å². The maximum Gasteiger partial charge on any atom is 0.119 e. The van der Waals surface area contributed by atoms with Gasteiger partial charge >= 0.3 is 0 Å². The molecule has 0 spiro atoms. The number of piperidine rings is 1. The van der Waals surface area contributed by atoms with Gasteiger partial charge in [0.15, 0.2) is 0 Å². The Bertz CT molecular complexity index is 393. The Labute approximate surface area is 131 Å². The van der Waals surface area contributed by atoms with Gasteiger partial charge in [-0.25, -0.2) is 0 Å². The Balaban J connectivity index is 1.51. The van der Waals surface area contributed by atoms with E-state index >= 15 is 0 Å². The standard InChI is InChI=1S/C16H24ClNO3/c17-14-4-6-16(7-5-14)21-11-10-20-13-15(19)12-18-8-2-1-3-9-18/h4-7,15,19H,1-3,8-13H2/t15-/m0/s1. The van der Waals surface area contributed by atoms with Crippen LogP contribution in [0.3, 0.4) is 0 Å². The zero-order valence-electron chi connectivity index (χ0n) is 12.3. The third-order valence-corrected chi connectivity index (χ3v) is 3.79. The first kappa shape index (κ1) is 16.6. The van der Waals surface area contributed by atoms with E-state index in [0.717, 1.165) is 18.8 Å². The molecule has 4 nitrogen and oxygen atoms in total. The molecule has 1 fully saturated rings. The van der Waals surface area contributed by atoms with Crippen molar-refractivity contribution >= 4 is 11.6 Å². The largest absolute Gasteiger partial charge is 0.491 e. The van der Waals surface area contributed by atoms with Gasteiger partial charge in [-0.1, -0.05) is 18.0 Å². The second-order valence-corrected chi connectivity index (χ2v) is 5.83. The highest BCUT2D eigenvalue weighted by molar-refractivity contribution is 6.30. The molecule has 5 heteroatoms. The highest BCUT2D eigenvalue weighted by Gasteiger charge is 2.14. The molecule has 0 aliphatic carbocycles. The summed E-state index contributed by atoms with van der Waals surface area (Å²) in [5.74, 6) is 0.775. The molecule has 1 saturated heterocycles. The minimum absolute atomic E-state index is 0.362. The van der Waals surface area contributed by atoms with Crippen molar-refractivity contribution in [2.45, 2.75) is 25.4 Å². The van der Waals surface area contributed by atoms with Gasteiger partial charge in [0.25, 0.3) is 0 Å². The van der Waals surface area contributed by atoms with Crippen molar-refractivity contribution in [2.75, 3.05) is 39.5 Å². The molecular formula is C16H24ClNO3. The molecule has 21 heavy (non-hydrogen) atoms. The van der Waals surface area contributed by atoms with E-state index < -0.39 is 6.10 Å². The molecule has 2 rings (SSSR count). The third-order valence-electron chi connectivity index (χ3n) is 3.54. The molecule has 1 aromatic rings. The molecule has 1 atom stereocenters. The van der Waals surface area contributed by atoms with Gasteiger partial charge in [0.1, 0.15) is 12.4 Å². The fourth-order valence-corrected chi connectivity index (χ4v) is 2.59. The van der Waals surface area contributed by atoms with Crippen LogP contribution in [0.15, 0.2) is 24.3 Å². The van der Waals surface area contributed by atoms with Gasteiger partial charge in [-0.3, -0.25) is 0 Å². The summed E-state index contributed by atoms with van der Waals surface area (Å²) < 4.78 is 11.0. The average Bonchev–Trinajstić information content (AvgIpc) is 2.50. The van der Waals surface area contributed by atoms with E-state index in [1.807, 2.05) is 12.1 Å². The smallest absolute Gasteiger partial charge is 0.119 e. The number of aliphatic hydroxyl groups is 1. The minimum atomic E-state index is -0.418. The molecule has 0 bridgehead atoms. The Morgan fingerprint density at radius 2 is 1.81 bits per heavy atom. The number of halogens is 1. The lowest BCUT2D eigenvalue weighted by molar-refractivity contribution is 0.00533. The molecule has 1 heterocycles. The van der Waals surface area contributed by atoms with Crippen molar-refractivity contribution in [1.29, 1.82) is 0 Å². The summed E-state index contributed by atoms with van der Waals surface area (Å²) in [5.41, 5.74) is 0. The minimum Gasteiger partial charge on any atom is -0.491 e. The van der Waals surface area contributed by atoms with Gasteiger partial charge in [0.05, 0.1) is 19.3 Å². The molecule has 0 amide bonds. The van der Waals surface area contributed by atoms with E-state index in [-0.39, 0.29) is 0 Å². The number of likely N-dealkylation sites (tertiary alicyclic amines) is 1. The number of ether oxygens (including phenoxy) is 2. The lowest BCUT2D eigenvalue weighted by Crippen LogP contribution is -2.38. The highest BCUT2D eigenvalue weighted by atomic mass is 35.5. The van der Waals surface area contributed by atoms with Crippen molar-refractivity contribution in [3.05, 3.63) is 29.3 Å². The number of nitrogens with zero attached hydrogens (tertiary/aromatic N) is 1. The number of hydrogen-bond acceptors (Lipinski definition) is 4. The van der Waals surface area contributed by atoms with Crippen molar-refractivity contribution < 1.29 is 14.6 Å². The lowest BCUT2D eigenvalue weighted by atomic mass is 10.1.